The van der Waals surface area contributed by atoms with Crippen molar-refractivity contribution in [2.45, 2.75) is 26.2 Å². The molecule has 0 spiro atoms. The Hall–Kier alpha value is -5.86. The number of fused-ring (bicyclic) bond motifs is 12. The number of nitrogens with one attached hydrogen (secondary N) is 2. The molecule has 48 heavy (non-hydrogen) atoms. The van der Waals surface area contributed by atoms with Crippen LogP contribution in [0.3, 0.4) is 0 Å². The van der Waals surface area contributed by atoms with Crippen LogP contribution < -0.4 is 10.6 Å². The summed E-state index contributed by atoms with van der Waals surface area (Å²) < 4.78 is 0. The van der Waals surface area contributed by atoms with Gasteiger partial charge in [0.05, 0.1) is 0 Å². The van der Waals surface area contributed by atoms with Gasteiger partial charge in [0, 0.05) is 22.7 Å². The minimum absolute atomic E-state index is 0.0227. The van der Waals surface area contributed by atoms with E-state index in [2.05, 4.69) is 183 Å². The van der Waals surface area contributed by atoms with Gasteiger partial charge in [0.15, 0.2) is 0 Å². The van der Waals surface area contributed by atoms with E-state index in [-0.39, 0.29) is 5.41 Å². The van der Waals surface area contributed by atoms with Crippen LogP contribution in [-0.4, -0.2) is 0 Å². The van der Waals surface area contributed by atoms with E-state index in [1.54, 1.807) is 0 Å². The molecular weight excluding hydrogens is 581 g/mol. The summed E-state index contributed by atoms with van der Waals surface area (Å²) in [5.74, 6) is 0. The summed E-state index contributed by atoms with van der Waals surface area (Å²) in [4.78, 5) is 0. The van der Waals surface area contributed by atoms with E-state index in [0.29, 0.717) is 0 Å². The van der Waals surface area contributed by atoms with Crippen molar-refractivity contribution in [2.24, 2.45) is 0 Å². The van der Waals surface area contributed by atoms with Crippen molar-refractivity contribution in [3.05, 3.63) is 157 Å². The third-order valence-corrected chi connectivity index (χ3v) is 9.86. The van der Waals surface area contributed by atoms with Gasteiger partial charge in [-0.3, -0.25) is 0 Å². The summed E-state index contributed by atoms with van der Waals surface area (Å²) in [5.41, 5.74) is 5.51. The second-order valence-electron chi connectivity index (χ2n) is 14.0. The smallest absolute Gasteiger partial charge is 0.0408 e. The molecule has 0 radical (unpaired) electrons. The third kappa shape index (κ3) is 4.72. The summed E-state index contributed by atoms with van der Waals surface area (Å²) in [6, 6.07) is 55.3. The highest BCUT2D eigenvalue weighted by atomic mass is 14.9. The van der Waals surface area contributed by atoms with Gasteiger partial charge in [-0.1, -0.05) is 130 Å². The van der Waals surface area contributed by atoms with Gasteiger partial charge >= 0.3 is 0 Å². The summed E-state index contributed by atoms with van der Waals surface area (Å²) in [7, 11) is 0. The number of benzene rings is 9. The second-order valence-corrected chi connectivity index (χ2v) is 14.0. The molecule has 0 unspecified atom stereocenters. The molecule has 0 saturated carbocycles. The zero-order valence-corrected chi connectivity index (χ0v) is 27.4. The largest absolute Gasteiger partial charge is 0.355 e. The monoisotopic (exact) mass is 616 g/mol. The van der Waals surface area contributed by atoms with E-state index >= 15 is 0 Å². The van der Waals surface area contributed by atoms with Gasteiger partial charge in [0.2, 0.25) is 0 Å². The van der Waals surface area contributed by atoms with Crippen LogP contribution in [0.2, 0.25) is 0 Å². The lowest BCUT2D eigenvalue weighted by Gasteiger charge is -2.22. The van der Waals surface area contributed by atoms with Crippen LogP contribution in [0.15, 0.2) is 152 Å². The molecule has 230 valence electrons. The molecule has 0 bridgehead atoms. The van der Waals surface area contributed by atoms with E-state index < -0.39 is 0 Å². The number of hydrogen-bond donors (Lipinski definition) is 2. The van der Waals surface area contributed by atoms with Crippen molar-refractivity contribution in [1.29, 1.82) is 0 Å². The number of rotatable bonds is 4. The molecule has 0 atom stereocenters. The molecule has 9 aromatic rings. The first kappa shape index (κ1) is 28.4. The number of anilines is 4. The van der Waals surface area contributed by atoms with E-state index in [1.165, 1.54) is 70.2 Å². The first-order chi connectivity index (χ1) is 23.4. The minimum atomic E-state index is -0.0227. The molecule has 2 N–H and O–H groups in total. The Bertz CT molecular complexity index is 2460. The van der Waals surface area contributed by atoms with Gasteiger partial charge in [-0.15, -0.1) is 0 Å². The van der Waals surface area contributed by atoms with Crippen molar-refractivity contribution in [3.8, 4) is 0 Å². The van der Waals surface area contributed by atoms with Crippen LogP contribution in [0.4, 0.5) is 22.7 Å². The maximum absolute atomic E-state index is 3.78. The highest BCUT2D eigenvalue weighted by molar-refractivity contribution is 6.26. The molecule has 0 aliphatic heterocycles. The van der Waals surface area contributed by atoms with Gasteiger partial charge in [-0.2, -0.15) is 0 Å². The Balaban J connectivity index is 1.14. The SMILES string of the molecule is CC(C)(C)c1cc(Nc2ccc3c4ccccc4c4ccccc4c3c2)cc(Nc2ccc3c4ccccc4c4ccccc4c3c2)c1. The molecule has 9 aromatic carbocycles. The lowest BCUT2D eigenvalue weighted by molar-refractivity contribution is 0.591. The Morgan fingerprint density at radius 1 is 0.292 bits per heavy atom. The van der Waals surface area contributed by atoms with Crippen LogP contribution in [0, 0.1) is 0 Å². The van der Waals surface area contributed by atoms with E-state index in [9.17, 15) is 0 Å². The normalized spacial score (nSPS) is 12.1. The zero-order chi connectivity index (χ0) is 32.4. The van der Waals surface area contributed by atoms with Crippen LogP contribution in [0.5, 0.6) is 0 Å². The molecule has 9 rings (SSSR count). The maximum Gasteiger partial charge on any atom is 0.0408 e. The average molecular weight is 617 g/mol. The van der Waals surface area contributed by atoms with Crippen LogP contribution in [0.1, 0.15) is 26.3 Å². The first-order valence-corrected chi connectivity index (χ1v) is 16.8. The van der Waals surface area contributed by atoms with Gasteiger partial charge < -0.3 is 10.6 Å². The van der Waals surface area contributed by atoms with Crippen molar-refractivity contribution in [3.63, 3.8) is 0 Å². The third-order valence-electron chi connectivity index (χ3n) is 9.86. The molecule has 0 amide bonds. The molecule has 0 aliphatic carbocycles. The predicted octanol–water partition coefficient (Wildman–Crippen LogP) is 13.4. The Morgan fingerprint density at radius 3 is 0.896 bits per heavy atom. The fourth-order valence-corrected chi connectivity index (χ4v) is 7.51. The minimum Gasteiger partial charge on any atom is -0.355 e. The van der Waals surface area contributed by atoms with E-state index in [0.717, 1.165) is 22.7 Å². The molecule has 0 heterocycles. The molecule has 2 nitrogen and oxygen atoms in total. The quantitative estimate of drug-likeness (QED) is 0.192. The summed E-state index contributed by atoms with van der Waals surface area (Å²) in [5, 5.41) is 22.9. The highest BCUT2D eigenvalue weighted by Crippen LogP contribution is 2.39. The Morgan fingerprint density at radius 2 is 0.583 bits per heavy atom. The fourth-order valence-electron chi connectivity index (χ4n) is 7.51. The standard InChI is InChI=1S/C46H36N2/c1-46(2,3)29-24-32(47-30-20-22-42-38-16-6-4-12-34(38)36-14-8-10-18-40(36)44(42)27-30)26-33(25-29)48-31-21-23-43-39-17-7-5-13-35(39)37-15-9-11-19-41(37)45(43)28-31/h4-28,47-48H,1-3H3. The van der Waals surface area contributed by atoms with Crippen molar-refractivity contribution in [1.82, 2.24) is 0 Å². The molecule has 0 fully saturated rings. The Labute approximate surface area is 280 Å². The highest BCUT2D eigenvalue weighted by Gasteiger charge is 2.17. The van der Waals surface area contributed by atoms with Crippen molar-refractivity contribution < 1.29 is 0 Å². The average Bonchev–Trinajstić information content (AvgIpc) is 3.11. The summed E-state index contributed by atoms with van der Waals surface area (Å²) >= 11 is 0. The zero-order valence-electron chi connectivity index (χ0n) is 27.4. The Kier molecular flexibility index (Phi) is 6.42. The fraction of sp³-hybridized carbons (Fsp3) is 0.0870. The molecule has 0 aliphatic rings. The molecule has 0 saturated heterocycles. The van der Waals surface area contributed by atoms with Crippen molar-refractivity contribution in [2.75, 3.05) is 10.6 Å². The van der Waals surface area contributed by atoms with Crippen LogP contribution in [0.25, 0.3) is 64.6 Å². The van der Waals surface area contributed by atoms with E-state index in [1.807, 2.05) is 0 Å². The molecule has 2 heteroatoms. The van der Waals surface area contributed by atoms with Gasteiger partial charge in [0.25, 0.3) is 0 Å². The molecular formula is C46H36N2. The van der Waals surface area contributed by atoms with Crippen molar-refractivity contribution >= 4 is 87.4 Å². The van der Waals surface area contributed by atoms with E-state index in [4.69, 9.17) is 0 Å². The lowest BCUT2D eigenvalue weighted by atomic mass is 9.86. The van der Waals surface area contributed by atoms with Gasteiger partial charge in [-0.05, 0) is 118 Å². The first-order valence-electron chi connectivity index (χ1n) is 16.8. The summed E-state index contributed by atoms with van der Waals surface area (Å²) in [6.07, 6.45) is 0. The van der Waals surface area contributed by atoms with Crippen LogP contribution >= 0.6 is 0 Å². The van der Waals surface area contributed by atoms with Gasteiger partial charge in [0.1, 0.15) is 0 Å². The topological polar surface area (TPSA) is 24.1 Å². The second kappa shape index (κ2) is 10.9. The maximum atomic E-state index is 3.78. The predicted molar refractivity (Wildman–Crippen MR) is 210 cm³/mol. The van der Waals surface area contributed by atoms with Gasteiger partial charge in [-0.25, -0.2) is 0 Å². The number of hydrogen-bond acceptors (Lipinski definition) is 2. The van der Waals surface area contributed by atoms with Crippen LogP contribution in [-0.2, 0) is 5.41 Å². The lowest BCUT2D eigenvalue weighted by Crippen LogP contribution is -2.12. The molecule has 0 aromatic heterocycles. The summed E-state index contributed by atoms with van der Waals surface area (Å²) in [6.45, 7) is 6.82.